The zero-order valence-corrected chi connectivity index (χ0v) is 9.11. The maximum atomic E-state index is 3.85. The van der Waals surface area contributed by atoms with Crippen LogP contribution >= 0.6 is 15.9 Å². The standard InChI is InChI=1S/C11H13Br/c1-8-5-4-6-9(2)11(8)7-10(3)12/h4-6H,3,7H2,1-2H3. The Balaban J connectivity index is 3.04. The number of hydrogen-bond acceptors (Lipinski definition) is 0. The fourth-order valence-corrected chi connectivity index (χ4v) is 1.60. The van der Waals surface area contributed by atoms with Crippen molar-refractivity contribution >= 4 is 15.9 Å². The summed E-state index contributed by atoms with van der Waals surface area (Å²) in [6.45, 7) is 8.12. The Morgan fingerprint density at radius 1 is 1.33 bits per heavy atom. The maximum absolute atomic E-state index is 3.85. The van der Waals surface area contributed by atoms with Crippen molar-refractivity contribution in [3.05, 3.63) is 46.0 Å². The minimum atomic E-state index is 0.929. The molecule has 0 aliphatic carbocycles. The zero-order valence-electron chi connectivity index (χ0n) is 7.52. The molecule has 0 heterocycles. The van der Waals surface area contributed by atoms with Crippen LogP contribution in [0.1, 0.15) is 16.7 Å². The summed E-state index contributed by atoms with van der Waals surface area (Å²) in [7, 11) is 0. The Labute approximate surface area is 82.4 Å². The van der Waals surface area contributed by atoms with Gasteiger partial charge >= 0.3 is 0 Å². The molecule has 0 aromatic heterocycles. The third-order valence-electron chi connectivity index (χ3n) is 2.01. The summed E-state index contributed by atoms with van der Waals surface area (Å²) in [6.07, 6.45) is 0.929. The quantitative estimate of drug-likeness (QED) is 0.718. The smallest absolute Gasteiger partial charge is 0.00399 e. The van der Waals surface area contributed by atoms with Crippen LogP contribution < -0.4 is 0 Å². The van der Waals surface area contributed by atoms with Crippen LogP contribution in [0.3, 0.4) is 0 Å². The highest BCUT2D eigenvalue weighted by Gasteiger charge is 2.01. The van der Waals surface area contributed by atoms with Gasteiger partial charge in [0.15, 0.2) is 0 Å². The first-order valence-corrected chi connectivity index (χ1v) is 4.79. The number of aryl methyl sites for hydroxylation is 2. The van der Waals surface area contributed by atoms with Crippen molar-refractivity contribution in [3.63, 3.8) is 0 Å². The number of rotatable bonds is 2. The molecule has 0 fully saturated rings. The molecule has 1 aromatic carbocycles. The predicted octanol–water partition coefficient (Wildman–Crippen LogP) is 3.75. The van der Waals surface area contributed by atoms with Gasteiger partial charge in [-0.3, -0.25) is 0 Å². The highest BCUT2D eigenvalue weighted by molar-refractivity contribution is 9.11. The molecule has 0 bridgehead atoms. The molecule has 1 rings (SSSR count). The molecular weight excluding hydrogens is 212 g/mol. The Hall–Kier alpha value is -0.560. The van der Waals surface area contributed by atoms with E-state index in [1.807, 2.05) is 0 Å². The minimum absolute atomic E-state index is 0.929. The van der Waals surface area contributed by atoms with Gasteiger partial charge in [0.1, 0.15) is 0 Å². The average Bonchev–Trinajstić information content (AvgIpc) is 1.97. The van der Waals surface area contributed by atoms with Gasteiger partial charge in [0.05, 0.1) is 0 Å². The van der Waals surface area contributed by atoms with Gasteiger partial charge in [0, 0.05) is 6.42 Å². The van der Waals surface area contributed by atoms with E-state index in [1.165, 1.54) is 16.7 Å². The molecule has 0 aliphatic rings. The van der Waals surface area contributed by atoms with Crippen LogP contribution in [-0.4, -0.2) is 0 Å². The first-order valence-electron chi connectivity index (χ1n) is 3.99. The average molecular weight is 225 g/mol. The van der Waals surface area contributed by atoms with E-state index in [1.54, 1.807) is 0 Å². The predicted molar refractivity (Wildman–Crippen MR) is 57.7 cm³/mol. The Morgan fingerprint density at radius 2 is 1.83 bits per heavy atom. The highest BCUT2D eigenvalue weighted by Crippen LogP contribution is 2.18. The first kappa shape index (κ1) is 9.53. The second kappa shape index (κ2) is 3.90. The van der Waals surface area contributed by atoms with E-state index in [4.69, 9.17) is 0 Å². The largest absolute Gasteiger partial charge is 0.0885 e. The molecule has 0 amide bonds. The molecule has 0 aliphatic heterocycles. The molecule has 0 saturated carbocycles. The highest BCUT2D eigenvalue weighted by atomic mass is 79.9. The van der Waals surface area contributed by atoms with Gasteiger partial charge in [-0.1, -0.05) is 40.7 Å². The number of allylic oxidation sites excluding steroid dienone is 1. The lowest BCUT2D eigenvalue weighted by molar-refractivity contribution is 1.16. The van der Waals surface area contributed by atoms with Gasteiger partial charge in [-0.2, -0.15) is 0 Å². The van der Waals surface area contributed by atoms with Gasteiger partial charge in [0.2, 0.25) is 0 Å². The van der Waals surface area contributed by atoms with Crippen molar-refractivity contribution in [1.29, 1.82) is 0 Å². The molecule has 0 spiro atoms. The van der Waals surface area contributed by atoms with Crippen LogP contribution in [0.4, 0.5) is 0 Å². The molecule has 0 N–H and O–H groups in total. The lowest BCUT2D eigenvalue weighted by Gasteiger charge is -2.07. The van der Waals surface area contributed by atoms with Crippen LogP contribution in [0.25, 0.3) is 0 Å². The third kappa shape index (κ3) is 2.21. The zero-order chi connectivity index (χ0) is 9.14. The van der Waals surface area contributed by atoms with E-state index >= 15 is 0 Å². The summed E-state index contributed by atoms with van der Waals surface area (Å²) in [5.74, 6) is 0. The summed E-state index contributed by atoms with van der Waals surface area (Å²) >= 11 is 3.38. The molecule has 0 radical (unpaired) electrons. The normalized spacial score (nSPS) is 9.92. The monoisotopic (exact) mass is 224 g/mol. The van der Waals surface area contributed by atoms with Gasteiger partial charge in [-0.05, 0) is 35.0 Å². The number of hydrogen-bond donors (Lipinski definition) is 0. The number of halogens is 1. The molecule has 0 saturated heterocycles. The van der Waals surface area contributed by atoms with E-state index < -0.39 is 0 Å². The molecule has 12 heavy (non-hydrogen) atoms. The van der Waals surface area contributed by atoms with E-state index in [-0.39, 0.29) is 0 Å². The van der Waals surface area contributed by atoms with Crippen LogP contribution in [0.15, 0.2) is 29.3 Å². The topological polar surface area (TPSA) is 0 Å². The Kier molecular flexibility index (Phi) is 3.10. The summed E-state index contributed by atoms with van der Waals surface area (Å²) in [4.78, 5) is 0. The summed E-state index contributed by atoms with van der Waals surface area (Å²) < 4.78 is 1.04. The van der Waals surface area contributed by atoms with Gasteiger partial charge < -0.3 is 0 Å². The minimum Gasteiger partial charge on any atom is -0.0885 e. The van der Waals surface area contributed by atoms with Crippen molar-refractivity contribution in [2.45, 2.75) is 20.3 Å². The van der Waals surface area contributed by atoms with Crippen LogP contribution in [0.2, 0.25) is 0 Å². The van der Waals surface area contributed by atoms with Crippen LogP contribution in [-0.2, 0) is 6.42 Å². The third-order valence-corrected chi connectivity index (χ3v) is 2.29. The van der Waals surface area contributed by atoms with Crippen LogP contribution in [0.5, 0.6) is 0 Å². The summed E-state index contributed by atoms with van der Waals surface area (Å²) in [5.41, 5.74) is 4.07. The second-order valence-corrected chi connectivity index (χ2v) is 4.19. The second-order valence-electron chi connectivity index (χ2n) is 3.06. The molecule has 1 heteroatoms. The summed E-state index contributed by atoms with van der Waals surface area (Å²) in [6, 6.07) is 6.36. The van der Waals surface area contributed by atoms with Crippen molar-refractivity contribution < 1.29 is 0 Å². The molecule has 1 aromatic rings. The van der Waals surface area contributed by atoms with E-state index in [9.17, 15) is 0 Å². The van der Waals surface area contributed by atoms with Crippen molar-refractivity contribution in [2.75, 3.05) is 0 Å². The molecule has 0 atom stereocenters. The van der Waals surface area contributed by atoms with Gasteiger partial charge in [-0.15, -0.1) is 0 Å². The Morgan fingerprint density at radius 3 is 2.25 bits per heavy atom. The maximum Gasteiger partial charge on any atom is 0.00399 e. The lowest BCUT2D eigenvalue weighted by Crippen LogP contribution is -1.92. The van der Waals surface area contributed by atoms with E-state index in [2.05, 4.69) is 54.6 Å². The van der Waals surface area contributed by atoms with Crippen molar-refractivity contribution in [2.24, 2.45) is 0 Å². The van der Waals surface area contributed by atoms with Gasteiger partial charge in [0.25, 0.3) is 0 Å². The van der Waals surface area contributed by atoms with E-state index in [0.29, 0.717) is 0 Å². The number of benzene rings is 1. The molecule has 0 unspecified atom stereocenters. The van der Waals surface area contributed by atoms with Crippen LogP contribution in [0, 0.1) is 13.8 Å². The van der Waals surface area contributed by atoms with Gasteiger partial charge in [-0.25, -0.2) is 0 Å². The van der Waals surface area contributed by atoms with E-state index in [0.717, 1.165) is 10.9 Å². The SMILES string of the molecule is C=C(Br)Cc1c(C)cccc1C. The fraction of sp³-hybridized carbons (Fsp3) is 0.273. The molecule has 0 nitrogen and oxygen atoms in total. The van der Waals surface area contributed by atoms with Crippen molar-refractivity contribution in [1.82, 2.24) is 0 Å². The fourth-order valence-electron chi connectivity index (χ4n) is 1.32. The lowest BCUT2D eigenvalue weighted by atomic mass is 10.0. The molecule has 64 valence electrons. The summed E-state index contributed by atoms with van der Waals surface area (Å²) in [5, 5.41) is 0. The molecular formula is C11H13Br. The first-order chi connectivity index (χ1) is 5.61. The Bertz CT molecular complexity index is 280. The van der Waals surface area contributed by atoms with Crippen molar-refractivity contribution in [3.8, 4) is 0 Å².